The summed E-state index contributed by atoms with van der Waals surface area (Å²) < 4.78 is 24.3. The predicted molar refractivity (Wildman–Crippen MR) is 188 cm³/mol. The third kappa shape index (κ3) is 9.44. The lowest BCUT2D eigenvalue weighted by atomic mass is 9.95. The van der Waals surface area contributed by atoms with Crippen LogP contribution in [0.2, 0.25) is 0 Å². The number of halogens is 2. The van der Waals surface area contributed by atoms with Gasteiger partial charge in [-0.2, -0.15) is 5.10 Å². The Hall–Kier alpha value is -4.17. The molecule has 0 radical (unpaired) electrons. The van der Waals surface area contributed by atoms with Gasteiger partial charge in [-0.05, 0) is 107 Å². The molecule has 47 heavy (non-hydrogen) atoms. The molecule has 0 unspecified atom stereocenters. The minimum Gasteiger partial charge on any atom is -0.490 e. The number of hydrogen-bond donors (Lipinski definition) is 4. The maximum Gasteiger partial charge on any atom is 0.337 e. The highest BCUT2D eigenvalue weighted by Gasteiger charge is 2.32. The van der Waals surface area contributed by atoms with Gasteiger partial charge in [0.2, 0.25) is 0 Å². The fourth-order valence-electron chi connectivity index (χ4n) is 4.51. The molecule has 14 nitrogen and oxygen atoms in total. The van der Waals surface area contributed by atoms with Gasteiger partial charge in [0, 0.05) is 27.0 Å². The molecule has 0 bridgehead atoms. The molecule has 2 amide bonds. The molecule has 0 aromatic heterocycles. The molecule has 1 aliphatic heterocycles. The first kappa shape index (κ1) is 35.7. The summed E-state index contributed by atoms with van der Waals surface area (Å²) in [6.45, 7) is 3.72. The smallest absolute Gasteiger partial charge is 0.337 e. The Bertz CT molecular complexity index is 1700. The number of aliphatic hydroxyl groups is 1. The van der Waals surface area contributed by atoms with E-state index in [9.17, 15) is 24.8 Å². The number of nitro benzene ring substituents is 1. The summed E-state index contributed by atoms with van der Waals surface area (Å²) in [6.07, 6.45) is 0.313. The normalized spacial score (nSPS) is 15.0. The van der Waals surface area contributed by atoms with Crippen molar-refractivity contribution in [2.75, 3.05) is 20.3 Å². The zero-order valence-corrected chi connectivity index (χ0v) is 29.7. The van der Waals surface area contributed by atoms with Gasteiger partial charge in [-0.1, -0.05) is 6.07 Å². The number of hydrazone groups is 1. The van der Waals surface area contributed by atoms with Crippen LogP contribution in [-0.4, -0.2) is 54.8 Å². The molecular formula is C31H31I2N5O9. The molecule has 16 heteroatoms. The number of non-ortho nitro benzene ring substituents is 1. The molecule has 0 aliphatic carbocycles. The van der Waals surface area contributed by atoms with E-state index in [1.54, 1.807) is 44.2 Å². The highest BCUT2D eigenvalue weighted by molar-refractivity contribution is 14.1. The van der Waals surface area contributed by atoms with E-state index < -0.39 is 29.2 Å². The van der Waals surface area contributed by atoms with Crippen LogP contribution in [0.5, 0.6) is 17.2 Å². The number of carbonyl (C=O) groups is 2. The minimum absolute atomic E-state index is 0.000844. The first-order chi connectivity index (χ1) is 22.5. The standard InChI is InChI=1S/C31H31I2N5O9/c1-4-45-25-12-19(28-27(30(40)44-3)17(2)35-31(41)36-28)7-10-24(25)46-16-26(39)37-34-14-20-11-21(32)13-23(33)29(20)47-15-18-5-8-22(9-6-18)38(42)43/h5-14,26,28,37,39H,4,15-16H2,1-3H3,(H2,35,36,41)/b34-14+/t26-,28-/m0/s1. The highest BCUT2D eigenvalue weighted by Crippen LogP contribution is 2.35. The number of rotatable bonds is 14. The first-order valence-electron chi connectivity index (χ1n) is 14.1. The molecule has 4 N–H and O–H groups in total. The van der Waals surface area contributed by atoms with E-state index in [2.05, 4.69) is 66.3 Å². The second-order valence-corrected chi connectivity index (χ2v) is 12.3. The van der Waals surface area contributed by atoms with Crippen molar-refractivity contribution in [3.63, 3.8) is 0 Å². The van der Waals surface area contributed by atoms with Crippen LogP contribution in [0.25, 0.3) is 0 Å². The van der Waals surface area contributed by atoms with Crippen LogP contribution in [0.15, 0.2) is 71.0 Å². The Morgan fingerprint density at radius 2 is 1.87 bits per heavy atom. The summed E-state index contributed by atoms with van der Waals surface area (Å²) in [6, 6.07) is 13.6. The maximum atomic E-state index is 12.5. The lowest BCUT2D eigenvalue weighted by Gasteiger charge is -2.28. The number of amides is 2. The first-order valence-corrected chi connectivity index (χ1v) is 16.2. The third-order valence-corrected chi connectivity index (χ3v) is 8.09. The number of nitrogens with one attached hydrogen (secondary N) is 3. The summed E-state index contributed by atoms with van der Waals surface area (Å²) in [5.41, 5.74) is 5.24. The van der Waals surface area contributed by atoms with Crippen LogP contribution in [0.3, 0.4) is 0 Å². The van der Waals surface area contributed by atoms with E-state index >= 15 is 0 Å². The van der Waals surface area contributed by atoms with E-state index in [4.69, 9.17) is 18.9 Å². The lowest BCUT2D eigenvalue weighted by Crippen LogP contribution is -2.45. The van der Waals surface area contributed by atoms with Crippen molar-refractivity contribution in [3.05, 3.63) is 99.8 Å². The number of nitrogens with zero attached hydrogens (tertiary/aromatic N) is 2. The Kier molecular flexibility index (Phi) is 12.6. The van der Waals surface area contributed by atoms with Crippen LogP contribution in [0, 0.1) is 17.3 Å². The molecule has 0 fully saturated rings. The summed E-state index contributed by atoms with van der Waals surface area (Å²) in [4.78, 5) is 35.1. The van der Waals surface area contributed by atoms with Gasteiger partial charge in [0.05, 0.1) is 40.0 Å². The van der Waals surface area contributed by atoms with Gasteiger partial charge in [-0.15, -0.1) is 0 Å². The zero-order valence-electron chi connectivity index (χ0n) is 25.4. The van der Waals surface area contributed by atoms with Gasteiger partial charge in [-0.25, -0.2) is 9.59 Å². The number of esters is 1. The van der Waals surface area contributed by atoms with Gasteiger partial charge in [0.15, 0.2) is 17.7 Å². The minimum atomic E-state index is -1.20. The molecule has 3 aromatic rings. The quantitative estimate of drug-likeness (QED) is 0.0434. The van der Waals surface area contributed by atoms with Crippen molar-refractivity contribution < 1.29 is 38.6 Å². The summed E-state index contributed by atoms with van der Waals surface area (Å²) in [7, 11) is 1.26. The topological polar surface area (TPSA) is 183 Å². The molecular weight excluding hydrogens is 840 g/mol. The number of urea groups is 1. The number of hydrogen-bond acceptors (Lipinski definition) is 11. The van der Waals surface area contributed by atoms with E-state index in [-0.39, 0.29) is 24.5 Å². The second kappa shape index (κ2) is 16.6. The van der Waals surface area contributed by atoms with Crippen molar-refractivity contribution >= 4 is 69.1 Å². The summed E-state index contributed by atoms with van der Waals surface area (Å²) in [5, 5.41) is 31.0. The number of nitro groups is 1. The van der Waals surface area contributed by atoms with Crippen LogP contribution in [0.4, 0.5) is 10.5 Å². The second-order valence-electron chi connectivity index (χ2n) is 9.93. The highest BCUT2D eigenvalue weighted by atomic mass is 127. The number of allylic oxidation sites excluding steroid dienone is 1. The molecule has 2 atom stereocenters. The number of carbonyl (C=O) groups excluding carboxylic acids is 2. The average molecular weight is 871 g/mol. The molecule has 0 saturated heterocycles. The van der Waals surface area contributed by atoms with Crippen molar-refractivity contribution in [1.82, 2.24) is 16.1 Å². The molecule has 0 saturated carbocycles. The van der Waals surface area contributed by atoms with Gasteiger partial charge in [0.25, 0.3) is 5.69 Å². The zero-order chi connectivity index (χ0) is 34.1. The number of ether oxygens (including phenoxy) is 4. The molecule has 1 aliphatic rings. The maximum absolute atomic E-state index is 12.5. The van der Waals surface area contributed by atoms with Crippen LogP contribution in [-0.2, 0) is 16.1 Å². The van der Waals surface area contributed by atoms with Gasteiger partial charge >= 0.3 is 12.0 Å². The van der Waals surface area contributed by atoms with E-state index in [1.807, 2.05) is 12.1 Å². The SMILES string of the molecule is CCOc1cc([C@@H]2NC(=O)NC(C)=C2C(=O)OC)ccc1OC[C@H](O)N/N=C/c1cc(I)cc(I)c1OCc1ccc([N+](=O)[O-])cc1. The number of benzene rings is 3. The van der Waals surface area contributed by atoms with Gasteiger partial charge in [-0.3, -0.25) is 15.5 Å². The molecule has 3 aromatic carbocycles. The summed E-state index contributed by atoms with van der Waals surface area (Å²) >= 11 is 4.34. The Balaban J connectivity index is 1.42. The Morgan fingerprint density at radius 1 is 1.13 bits per heavy atom. The fourth-order valence-corrected chi connectivity index (χ4v) is 6.56. The molecule has 248 valence electrons. The van der Waals surface area contributed by atoms with Crippen LogP contribution in [0.1, 0.15) is 36.6 Å². The summed E-state index contributed by atoms with van der Waals surface area (Å²) in [5.74, 6) is 0.650. The fraction of sp³-hybridized carbons (Fsp3) is 0.258. The van der Waals surface area contributed by atoms with Crippen molar-refractivity contribution in [2.45, 2.75) is 32.7 Å². The van der Waals surface area contributed by atoms with Crippen molar-refractivity contribution in [3.8, 4) is 17.2 Å². The van der Waals surface area contributed by atoms with E-state index in [1.165, 1.54) is 25.5 Å². The Morgan fingerprint density at radius 3 is 2.55 bits per heavy atom. The van der Waals surface area contributed by atoms with E-state index in [0.717, 1.165) is 12.7 Å². The number of aliphatic hydroxyl groups excluding tert-OH is 1. The number of methoxy groups -OCH3 is 1. The van der Waals surface area contributed by atoms with Crippen molar-refractivity contribution in [1.29, 1.82) is 0 Å². The molecule has 0 spiro atoms. The Labute approximate surface area is 297 Å². The van der Waals surface area contributed by atoms with Gasteiger partial charge < -0.3 is 34.7 Å². The van der Waals surface area contributed by atoms with E-state index in [0.29, 0.717) is 40.7 Å². The third-order valence-electron chi connectivity index (χ3n) is 6.67. The van der Waals surface area contributed by atoms with Gasteiger partial charge in [0.1, 0.15) is 19.0 Å². The van der Waals surface area contributed by atoms with Crippen molar-refractivity contribution in [2.24, 2.45) is 5.10 Å². The monoisotopic (exact) mass is 871 g/mol. The van der Waals surface area contributed by atoms with Crippen LogP contribution < -0.4 is 30.3 Å². The van der Waals surface area contributed by atoms with Crippen LogP contribution >= 0.6 is 45.2 Å². The molecule has 1 heterocycles. The largest absolute Gasteiger partial charge is 0.490 e. The lowest BCUT2D eigenvalue weighted by molar-refractivity contribution is -0.384. The average Bonchev–Trinajstić information content (AvgIpc) is 3.03. The molecule has 4 rings (SSSR count). The predicted octanol–water partition coefficient (Wildman–Crippen LogP) is 4.90.